The van der Waals surface area contributed by atoms with Gasteiger partial charge >= 0.3 is 0 Å². The Morgan fingerprint density at radius 2 is 2.50 bits per heavy atom. The van der Waals surface area contributed by atoms with E-state index >= 15 is 0 Å². The maximum Gasteiger partial charge on any atom is 0.180 e. The number of aryl methyl sites for hydroxylation is 1. The predicted molar refractivity (Wildman–Crippen MR) is 76.3 cm³/mol. The summed E-state index contributed by atoms with van der Waals surface area (Å²) in [7, 11) is 0. The van der Waals surface area contributed by atoms with Crippen molar-refractivity contribution < 1.29 is 4.74 Å². The second-order valence-electron chi connectivity index (χ2n) is 4.75. The van der Waals surface area contributed by atoms with Gasteiger partial charge in [-0.25, -0.2) is 9.97 Å². The molecule has 1 atom stereocenters. The summed E-state index contributed by atoms with van der Waals surface area (Å²) < 4.78 is 5.77. The van der Waals surface area contributed by atoms with Gasteiger partial charge in [0.1, 0.15) is 11.9 Å². The summed E-state index contributed by atoms with van der Waals surface area (Å²) in [5.74, 6) is 1.64. The number of aromatic amines is 1. The second-order valence-corrected chi connectivity index (χ2v) is 5.90. The van der Waals surface area contributed by atoms with E-state index in [-0.39, 0.29) is 6.10 Å². The van der Waals surface area contributed by atoms with Gasteiger partial charge in [0.05, 0.1) is 6.61 Å². The van der Waals surface area contributed by atoms with Gasteiger partial charge < -0.3 is 10.5 Å². The summed E-state index contributed by atoms with van der Waals surface area (Å²) >= 11 is 1.53. The summed E-state index contributed by atoms with van der Waals surface area (Å²) in [5, 5.41) is 7.79. The lowest BCUT2D eigenvalue weighted by Gasteiger charge is -2.31. The zero-order valence-corrected chi connectivity index (χ0v) is 12.2. The zero-order chi connectivity index (χ0) is 13.9. The Bertz CT molecular complexity index is 568. The fraction of sp³-hybridized carbons (Fsp3) is 0.583. The molecule has 7 nitrogen and oxygen atoms in total. The Morgan fingerprint density at radius 1 is 1.60 bits per heavy atom. The van der Waals surface area contributed by atoms with Gasteiger partial charge in [-0.1, -0.05) is 6.92 Å². The number of rotatable bonds is 4. The van der Waals surface area contributed by atoms with Crippen LogP contribution in [0.25, 0.3) is 0 Å². The van der Waals surface area contributed by atoms with E-state index < -0.39 is 0 Å². The normalized spacial score (nSPS) is 20.4. The van der Waals surface area contributed by atoms with Gasteiger partial charge in [0.15, 0.2) is 11.0 Å². The predicted octanol–water partition coefficient (Wildman–Crippen LogP) is 0.979. The molecule has 3 heterocycles. The number of hydrogen-bond donors (Lipinski definition) is 2. The Kier molecular flexibility index (Phi) is 3.95. The summed E-state index contributed by atoms with van der Waals surface area (Å²) in [5.41, 5.74) is 5.66. The van der Waals surface area contributed by atoms with Crippen LogP contribution in [-0.4, -0.2) is 44.8 Å². The molecule has 0 saturated carbocycles. The molecule has 1 unspecified atom stereocenters. The number of nitrogens with zero attached hydrogens (tertiary/aromatic N) is 4. The van der Waals surface area contributed by atoms with Gasteiger partial charge in [0.25, 0.3) is 0 Å². The van der Waals surface area contributed by atoms with Crippen LogP contribution in [0.3, 0.4) is 0 Å². The summed E-state index contributed by atoms with van der Waals surface area (Å²) in [6.07, 6.45) is 2.63. The zero-order valence-electron chi connectivity index (χ0n) is 11.4. The first-order valence-electron chi connectivity index (χ1n) is 6.70. The number of anilines is 1. The molecule has 2 aromatic heterocycles. The van der Waals surface area contributed by atoms with E-state index in [9.17, 15) is 0 Å². The highest BCUT2D eigenvalue weighted by atomic mass is 32.1. The van der Waals surface area contributed by atoms with Crippen LogP contribution in [0.4, 0.5) is 5.13 Å². The molecule has 0 spiro atoms. The average molecular weight is 294 g/mol. The molecule has 0 aliphatic carbocycles. The fourth-order valence-electron chi connectivity index (χ4n) is 2.23. The monoisotopic (exact) mass is 294 g/mol. The van der Waals surface area contributed by atoms with Crippen molar-refractivity contribution in [1.29, 1.82) is 0 Å². The first kappa shape index (κ1) is 13.5. The van der Waals surface area contributed by atoms with Crippen molar-refractivity contribution >= 4 is 16.5 Å². The number of nitrogens with one attached hydrogen (secondary N) is 1. The number of hydrogen-bond acceptors (Lipinski definition) is 7. The van der Waals surface area contributed by atoms with E-state index in [0.29, 0.717) is 11.7 Å². The molecule has 0 amide bonds. The molecule has 20 heavy (non-hydrogen) atoms. The van der Waals surface area contributed by atoms with Gasteiger partial charge in [0.2, 0.25) is 0 Å². The highest BCUT2D eigenvalue weighted by molar-refractivity contribution is 7.15. The van der Waals surface area contributed by atoms with E-state index in [0.717, 1.165) is 37.7 Å². The molecule has 3 rings (SSSR count). The van der Waals surface area contributed by atoms with Crippen LogP contribution in [0.2, 0.25) is 0 Å². The molecule has 0 aromatic carbocycles. The minimum atomic E-state index is -0.0643. The number of H-pyrrole nitrogens is 1. The van der Waals surface area contributed by atoms with Crippen molar-refractivity contribution in [2.45, 2.75) is 26.0 Å². The minimum Gasteiger partial charge on any atom is -0.375 e. The van der Waals surface area contributed by atoms with E-state index in [2.05, 4.69) is 25.1 Å². The highest BCUT2D eigenvalue weighted by Crippen LogP contribution is 2.22. The third-order valence-corrected chi connectivity index (χ3v) is 4.08. The Hall–Kier alpha value is -1.51. The Balaban J connectivity index is 1.64. The Labute approximate surface area is 121 Å². The van der Waals surface area contributed by atoms with Crippen LogP contribution in [0.5, 0.6) is 0 Å². The number of nitrogens with two attached hydrogens (primary N) is 1. The lowest BCUT2D eigenvalue weighted by molar-refractivity contribution is -0.0368. The third kappa shape index (κ3) is 2.97. The molecule has 0 bridgehead atoms. The van der Waals surface area contributed by atoms with Gasteiger partial charge in [-0.05, 0) is 0 Å². The minimum absolute atomic E-state index is 0.0643. The second kappa shape index (κ2) is 5.86. The smallest absolute Gasteiger partial charge is 0.180 e. The van der Waals surface area contributed by atoms with E-state index in [1.807, 2.05) is 13.1 Å². The third-order valence-electron chi connectivity index (χ3n) is 3.27. The summed E-state index contributed by atoms with van der Waals surface area (Å²) in [6.45, 7) is 5.28. The lowest BCUT2D eigenvalue weighted by atomic mass is 10.2. The molecule has 108 valence electrons. The number of nitrogen functional groups attached to an aromatic ring is 1. The maximum atomic E-state index is 5.77. The molecule has 0 radical (unpaired) electrons. The number of thiazole rings is 1. The first-order valence-corrected chi connectivity index (χ1v) is 7.51. The maximum absolute atomic E-state index is 5.77. The molecule has 2 aromatic rings. The largest absolute Gasteiger partial charge is 0.375 e. The molecule has 1 fully saturated rings. The van der Waals surface area contributed by atoms with Crippen molar-refractivity contribution in [3.63, 3.8) is 0 Å². The number of ether oxygens (including phenoxy) is 1. The lowest BCUT2D eigenvalue weighted by Crippen LogP contribution is -2.38. The van der Waals surface area contributed by atoms with Crippen molar-refractivity contribution in [1.82, 2.24) is 25.1 Å². The molecule has 1 aliphatic rings. The average Bonchev–Trinajstić information content (AvgIpc) is 3.08. The van der Waals surface area contributed by atoms with Crippen LogP contribution >= 0.6 is 11.3 Å². The topological polar surface area (TPSA) is 93.0 Å². The molecular weight excluding hydrogens is 276 g/mol. The molecule has 3 N–H and O–H groups in total. The standard InChI is InChI=1S/C12H18N6OS/c1-2-10-15-11(17-16-10)9-7-18(3-4-19-9)6-8-5-14-12(13)20-8/h5,9H,2-4,6-7H2,1H3,(H2,13,14)(H,15,16,17). The van der Waals surface area contributed by atoms with Gasteiger partial charge in [-0.2, -0.15) is 5.10 Å². The fourth-order valence-corrected chi connectivity index (χ4v) is 2.96. The van der Waals surface area contributed by atoms with Crippen molar-refractivity contribution in [2.24, 2.45) is 0 Å². The number of aromatic nitrogens is 4. The van der Waals surface area contributed by atoms with Gasteiger partial charge in [0, 0.05) is 37.1 Å². The van der Waals surface area contributed by atoms with E-state index in [4.69, 9.17) is 10.5 Å². The quantitative estimate of drug-likeness (QED) is 0.873. The molecule has 8 heteroatoms. The molecular formula is C12H18N6OS. The van der Waals surface area contributed by atoms with Crippen LogP contribution in [0.15, 0.2) is 6.20 Å². The van der Waals surface area contributed by atoms with Gasteiger partial charge in [-0.15, -0.1) is 11.3 Å². The molecule has 1 aliphatic heterocycles. The van der Waals surface area contributed by atoms with Crippen LogP contribution < -0.4 is 5.73 Å². The van der Waals surface area contributed by atoms with Crippen molar-refractivity contribution in [3.8, 4) is 0 Å². The van der Waals surface area contributed by atoms with Gasteiger partial charge in [-0.3, -0.25) is 10.00 Å². The van der Waals surface area contributed by atoms with Crippen LogP contribution in [-0.2, 0) is 17.7 Å². The van der Waals surface area contributed by atoms with Crippen LogP contribution in [0.1, 0.15) is 29.6 Å². The van der Waals surface area contributed by atoms with E-state index in [1.54, 1.807) is 0 Å². The first-order chi connectivity index (χ1) is 9.74. The SMILES string of the molecule is CCc1nc(C2CN(Cc3cnc(N)s3)CCO2)n[nH]1. The summed E-state index contributed by atoms with van der Waals surface area (Å²) in [6, 6.07) is 0. The van der Waals surface area contributed by atoms with Crippen LogP contribution in [0, 0.1) is 0 Å². The van der Waals surface area contributed by atoms with Crippen molar-refractivity contribution in [3.05, 3.63) is 22.7 Å². The summed E-state index contributed by atoms with van der Waals surface area (Å²) in [4.78, 5) is 12.0. The molecule has 1 saturated heterocycles. The van der Waals surface area contributed by atoms with E-state index in [1.165, 1.54) is 16.2 Å². The van der Waals surface area contributed by atoms with Crippen molar-refractivity contribution in [2.75, 3.05) is 25.4 Å². The highest BCUT2D eigenvalue weighted by Gasteiger charge is 2.25. The number of morpholine rings is 1. The Morgan fingerprint density at radius 3 is 3.20 bits per heavy atom.